The van der Waals surface area contributed by atoms with Gasteiger partial charge in [0.2, 0.25) is 0 Å². The van der Waals surface area contributed by atoms with Gasteiger partial charge in [-0.15, -0.1) is 10.2 Å². The number of hydrogen-bond donors (Lipinski definition) is 0. The average Bonchev–Trinajstić information content (AvgIpc) is 2.95. The van der Waals surface area contributed by atoms with Crippen LogP contribution in [0.4, 0.5) is 4.39 Å². The zero-order chi connectivity index (χ0) is 16.1. The fraction of sp³-hybridized carbons (Fsp3) is 0.188. The van der Waals surface area contributed by atoms with Crippen molar-refractivity contribution in [1.82, 2.24) is 19.7 Å². The summed E-state index contributed by atoms with van der Waals surface area (Å²) < 4.78 is 20.3. The Morgan fingerprint density at radius 3 is 2.74 bits per heavy atom. The Morgan fingerprint density at radius 2 is 2.00 bits per heavy atom. The molecule has 0 N–H and O–H groups in total. The summed E-state index contributed by atoms with van der Waals surface area (Å²) in [7, 11) is 1.92. The molecule has 0 bridgehead atoms. The predicted octanol–water partition coefficient (Wildman–Crippen LogP) is 3.19. The number of hydrogen-bond acceptors (Lipinski definition) is 5. The van der Waals surface area contributed by atoms with Gasteiger partial charge in [-0.25, -0.2) is 4.39 Å². The Hall–Kier alpha value is -2.41. The minimum absolute atomic E-state index is 0.270. The molecule has 0 aliphatic rings. The minimum atomic E-state index is -0.270. The van der Waals surface area contributed by atoms with Gasteiger partial charge in [0.05, 0.1) is 6.61 Å². The van der Waals surface area contributed by atoms with Crippen LogP contribution >= 0.6 is 11.8 Å². The van der Waals surface area contributed by atoms with Crippen LogP contribution < -0.4 is 4.74 Å². The SMILES string of the molecule is Cn1c(SCCOc2ccc(F)cc2)nnc1-c1cccnc1. The van der Waals surface area contributed by atoms with Crippen molar-refractivity contribution in [3.05, 3.63) is 54.6 Å². The number of thioether (sulfide) groups is 1. The van der Waals surface area contributed by atoms with Crippen molar-refractivity contribution in [1.29, 1.82) is 0 Å². The van der Waals surface area contributed by atoms with Crippen molar-refractivity contribution in [3.63, 3.8) is 0 Å². The van der Waals surface area contributed by atoms with Gasteiger partial charge < -0.3 is 9.30 Å². The van der Waals surface area contributed by atoms with Gasteiger partial charge in [-0.1, -0.05) is 11.8 Å². The summed E-state index contributed by atoms with van der Waals surface area (Å²) in [5.41, 5.74) is 0.928. The first-order valence-corrected chi connectivity index (χ1v) is 8.03. The van der Waals surface area contributed by atoms with Crippen molar-refractivity contribution in [3.8, 4) is 17.1 Å². The van der Waals surface area contributed by atoms with E-state index < -0.39 is 0 Å². The van der Waals surface area contributed by atoms with Crippen LogP contribution in [0, 0.1) is 5.82 Å². The highest BCUT2D eigenvalue weighted by molar-refractivity contribution is 7.99. The topological polar surface area (TPSA) is 52.8 Å². The molecular weight excluding hydrogens is 315 g/mol. The fourth-order valence-corrected chi connectivity index (χ4v) is 2.74. The largest absolute Gasteiger partial charge is 0.493 e. The van der Waals surface area contributed by atoms with Crippen LogP contribution in [0.5, 0.6) is 5.75 Å². The summed E-state index contributed by atoms with van der Waals surface area (Å²) in [6.45, 7) is 0.505. The van der Waals surface area contributed by atoms with Gasteiger partial charge in [0.15, 0.2) is 11.0 Å². The smallest absolute Gasteiger partial charge is 0.191 e. The van der Waals surface area contributed by atoms with Crippen LogP contribution in [-0.4, -0.2) is 32.1 Å². The van der Waals surface area contributed by atoms with Gasteiger partial charge in [0.25, 0.3) is 0 Å². The molecule has 0 atom stereocenters. The van der Waals surface area contributed by atoms with E-state index in [2.05, 4.69) is 15.2 Å². The molecule has 0 spiro atoms. The van der Waals surface area contributed by atoms with Crippen molar-refractivity contribution in [2.75, 3.05) is 12.4 Å². The molecule has 5 nitrogen and oxygen atoms in total. The second-order valence-corrected chi connectivity index (χ2v) is 5.82. The van der Waals surface area contributed by atoms with Crippen LogP contribution in [0.25, 0.3) is 11.4 Å². The first kappa shape index (κ1) is 15.5. The third-order valence-electron chi connectivity index (χ3n) is 3.15. The Balaban J connectivity index is 1.55. The molecule has 0 fully saturated rings. The number of nitrogens with zero attached hydrogens (tertiary/aromatic N) is 4. The Kier molecular flexibility index (Phi) is 4.87. The maximum Gasteiger partial charge on any atom is 0.191 e. The van der Waals surface area contributed by atoms with E-state index in [0.717, 1.165) is 22.3 Å². The van der Waals surface area contributed by atoms with E-state index >= 15 is 0 Å². The average molecular weight is 330 g/mol. The Labute approximate surface area is 137 Å². The number of aromatic nitrogens is 4. The third kappa shape index (κ3) is 3.87. The zero-order valence-electron chi connectivity index (χ0n) is 12.5. The molecule has 7 heteroatoms. The Bertz CT molecular complexity index is 762. The van der Waals surface area contributed by atoms with Crippen molar-refractivity contribution >= 4 is 11.8 Å². The normalized spacial score (nSPS) is 10.7. The van der Waals surface area contributed by atoms with Crippen molar-refractivity contribution in [2.24, 2.45) is 7.05 Å². The van der Waals surface area contributed by atoms with Gasteiger partial charge in [-0.3, -0.25) is 4.98 Å². The van der Waals surface area contributed by atoms with E-state index in [4.69, 9.17) is 4.74 Å². The molecule has 1 aromatic carbocycles. The van der Waals surface area contributed by atoms with E-state index in [0.29, 0.717) is 12.4 Å². The quantitative estimate of drug-likeness (QED) is 0.513. The van der Waals surface area contributed by atoms with Gasteiger partial charge in [0.1, 0.15) is 11.6 Å². The lowest BCUT2D eigenvalue weighted by molar-refractivity contribution is 0.343. The second-order valence-electron chi connectivity index (χ2n) is 4.76. The highest BCUT2D eigenvalue weighted by atomic mass is 32.2. The number of benzene rings is 1. The van der Waals surface area contributed by atoms with Crippen LogP contribution in [0.3, 0.4) is 0 Å². The number of pyridine rings is 1. The Morgan fingerprint density at radius 1 is 1.17 bits per heavy atom. The molecular formula is C16H15FN4OS. The van der Waals surface area contributed by atoms with E-state index in [-0.39, 0.29) is 5.82 Å². The molecule has 0 unspecified atom stereocenters. The lowest BCUT2D eigenvalue weighted by atomic mass is 10.3. The molecule has 3 rings (SSSR count). The van der Waals surface area contributed by atoms with E-state index in [9.17, 15) is 4.39 Å². The van der Waals surface area contributed by atoms with Crippen LogP contribution in [0.15, 0.2) is 53.9 Å². The first-order chi connectivity index (χ1) is 11.2. The molecule has 0 aliphatic carbocycles. The predicted molar refractivity (Wildman–Crippen MR) is 86.9 cm³/mol. The summed E-state index contributed by atoms with van der Waals surface area (Å²) in [5, 5.41) is 9.21. The number of rotatable bonds is 6. The molecule has 3 aromatic rings. The molecule has 23 heavy (non-hydrogen) atoms. The van der Waals surface area contributed by atoms with E-state index in [1.54, 1.807) is 36.3 Å². The van der Waals surface area contributed by atoms with Crippen LogP contribution in [-0.2, 0) is 7.05 Å². The maximum atomic E-state index is 12.8. The van der Waals surface area contributed by atoms with Crippen molar-refractivity contribution < 1.29 is 9.13 Å². The van der Waals surface area contributed by atoms with Crippen molar-refractivity contribution in [2.45, 2.75) is 5.16 Å². The first-order valence-electron chi connectivity index (χ1n) is 7.05. The molecule has 0 saturated carbocycles. The standard InChI is InChI=1S/C16H15FN4OS/c1-21-15(12-3-2-8-18-11-12)19-20-16(21)23-10-9-22-14-6-4-13(17)5-7-14/h2-8,11H,9-10H2,1H3. The zero-order valence-corrected chi connectivity index (χ0v) is 13.3. The van der Waals surface area contributed by atoms with E-state index in [1.807, 2.05) is 23.7 Å². The van der Waals surface area contributed by atoms with Gasteiger partial charge in [-0.05, 0) is 36.4 Å². The molecule has 0 amide bonds. The van der Waals surface area contributed by atoms with Gasteiger partial charge >= 0.3 is 0 Å². The second kappa shape index (κ2) is 7.23. The lowest BCUT2D eigenvalue weighted by Crippen LogP contribution is -2.02. The summed E-state index contributed by atoms with van der Waals surface area (Å²) in [5.74, 6) is 1.88. The molecule has 0 saturated heterocycles. The third-order valence-corrected chi connectivity index (χ3v) is 4.14. The highest BCUT2D eigenvalue weighted by Gasteiger charge is 2.11. The summed E-state index contributed by atoms with van der Waals surface area (Å²) in [6, 6.07) is 9.80. The summed E-state index contributed by atoms with van der Waals surface area (Å²) >= 11 is 1.55. The van der Waals surface area contributed by atoms with E-state index in [1.165, 1.54) is 12.1 Å². The minimum Gasteiger partial charge on any atom is -0.493 e. The molecule has 0 radical (unpaired) electrons. The van der Waals surface area contributed by atoms with Crippen LogP contribution in [0.1, 0.15) is 0 Å². The molecule has 2 aromatic heterocycles. The summed E-state index contributed by atoms with van der Waals surface area (Å²) in [6.07, 6.45) is 3.48. The van der Waals surface area contributed by atoms with Gasteiger partial charge in [0, 0.05) is 30.8 Å². The number of ether oxygens (including phenoxy) is 1. The molecule has 0 aliphatic heterocycles. The summed E-state index contributed by atoms with van der Waals surface area (Å²) in [4.78, 5) is 4.09. The maximum absolute atomic E-state index is 12.8. The highest BCUT2D eigenvalue weighted by Crippen LogP contribution is 2.22. The van der Waals surface area contributed by atoms with Gasteiger partial charge in [-0.2, -0.15) is 0 Å². The fourth-order valence-electron chi connectivity index (χ4n) is 2.01. The molecule has 118 valence electrons. The lowest BCUT2D eigenvalue weighted by Gasteiger charge is -2.06. The monoisotopic (exact) mass is 330 g/mol. The molecule has 2 heterocycles. The van der Waals surface area contributed by atoms with Crippen LogP contribution in [0.2, 0.25) is 0 Å². The number of halogens is 1.